The third-order valence-corrected chi connectivity index (χ3v) is 2.76. The number of hydrogen-bond acceptors (Lipinski definition) is 5. The molecule has 1 unspecified atom stereocenters. The molecule has 2 aromatic rings. The van der Waals surface area contributed by atoms with Crippen LogP contribution in [0.2, 0.25) is 0 Å². The summed E-state index contributed by atoms with van der Waals surface area (Å²) in [5.74, 6) is 0. The van der Waals surface area contributed by atoms with Crippen molar-refractivity contribution in [2.75, 3.05) is 6.61 Å². The molecule has 1 aromatic heterocycles. The first kappa shape index (κ1) is 13.2. The SMILES string of the molecule is Cc1ccc(-c2c(C#N)nnn2CC(O)CO)cc1. The first-order chi connectivity index (χ1) is 9.15. The lowest BCUT2D eigenvalue weighted by molar-refractivity contribution is 0.0782. The molecule has 6 nitrogen and oxygen atoms in total. The Kier molecular flexibility index (Phi) is 3.90. The molecule has 0 spiro atoms. The maximum absolute atomic E-state index is 9.49. The van der Waals surface area contributed by atoms with Crippen LogP contribution in [0.4, 0.5) is 0 Å². The monoisotopic (exact) mass is 258 g/mol. The lowest BCUT2D eigenvalue weighted by Crippen LogP contribution is -2.21. The number of aromatic nitrogens is 3. The quantitative estimate of drug-likeness (QED) is 0.831. The fourth-order valence-electron chi connectivity index (χ4n) is 1.77. The molecule has 98 valence electrons. The third-order valence-electron chi connectivity index (χ3n) is 2.76. The highest BCUT2D eigenvalue weighted by atomic mass is 16.3. The summed E-state index contributed by atoms with van der Waals surface area (Å²) in [5, 5.41) is 35.1. The summed E-state index contributed by atoms with van der Waals surface area (Å²) in [6.07, 6.45) is -0.933. The second-order valence-electron chi connectivity index (χ2n) is 4.28. The molecular formula is C13H14N4O2. The van der Waals surface area contributed by atoms with Crippen LogP contribution in [-0.2, 0) is 6.54 Å². The van der Waals surface area contributed by atoms with Crippen molar-refractivity contribution >= 4 is 0 Å². The van der Waals surface area contributed by atoms with Crippen LogP contribution in [0.5, 0.6) is 0 Å². The van der Waals surface area contributed by atoms with Gasteiger partial charge in [0.2, 0.25) is 0 Å². The van der Waals surface area contributed by atoms with Crippen LogP contribution in [0.25, 0.3) is 11.3 Å². The van der Waals surface area contributed by atoms with E-state index in [1.807, 2.05) is 37.3 Å². The van der Waals surface area contributed by atoms with E-state index >= 15 is 0 Å². The lowest BCUT2D eigenvalue weighted by Gasteiger charge is -2.10. The average Bonchev–Trinajstić information content (AvgIpc) is 2.82. The summed E-state index contributed by atoms with van der Waals surface area (Å²) in [6.45, 7) is 1.70. The first-order valence-electron chi connectivity index (χ1n) is 5.85. The Hall–Kier alpha value is -2.23. The number of aryl methyl sites for hydroxylation is 1. The fourth-order valence-corrected chi connectivity index (χ4v) is 1.77. The van der Waals surface area contributed by atoms with E-state index in [-0.39, 0.29) is 18.8 Å². The molecule has 0 saturated carbocycles. The van der Waals surface area contributed by atoms with E-state index in [4.69, 9.17) is 10.4 Å². The van der Waals surface area contributed by atoms with Crippen molar-refractivity contribution in [2.45, 2.75) is 19.6 Å². The largest absolute Gasteiger partial charge is 0.394 e. The third kappa shape index (κ3) is 2.78. The molecule has 0 aliphatic heterocycles. The number of benzene rings is 1. The predicted molar refractivity (Wildman–Crippen MR) is 68.0 cm³/mol. The molecule has 0 aliphatic rings. The van der Waals surface area contributed by atoms with Gasteiger partial charge >= 0.3 is 0 Å². The summed E-state index contributed by atoms with van der Waals surface area (Å²) < 4.78 is 1.43. The van der Waals surface area contributed by atoms with E-state index in [1.165, 1.54) is 4.68 Å². The molecule has 0 aliphatic carbocycles. The highest BCUT2D eigenvalue weighted by Gasteiger charge is 2.16. The zero-order chi connectivity index (χ0) is 13.8. The number of nitriles is 1. The Bertz CT molecular complexity index is 598. The standard InChI is InChI=1S/C13H14N4O2/c1-9-2-4-10(5-3-9)13-12(6-14)15-16-17(13)7-11(19)8-18/h2-5,11,18-19H,7-8H2,1H3. The Morgan fingerprint density at radius 1 is 1.37 bits per heavy atom. The van der Waals surface area contributed by atoms with Crippen molar-refractivity contribution in [1.29, 1.82) is 5.26 Å². The number of aliphatic hydroxyl groups is 2. The molecule has 1 aromatic carbocycles. The maximum atomic E-state index is 9.49. The van der Waals surface area contributed by atoms with Crippen molar-refractivity contribution < 1.29 is 10.2 Å². The van der Waals surface area contributed by atoms with Crippen molar-refractivity contribution in [1.82, 2.24) is 15.0 Å². The summed E-state index contributed by atoms with van der Waals surface area (Å²) in [6, 6.07) is 9.58. The Morgan fingerprint density at radius 2 is 2.05 bits per heavy atom. The molecule has 1 heterocycles. The summed E-state index contributed by atoms with van der Waals surface area (Å²) in [5.41, 5.74) is 2.66. The molecule has 0 bridgehead atoms. The number of rotatable bonds is 4. The molecule has 0 saturated heterocycles. The van der Waals surface area contributed by atoms with Gasteiger partial charge in [0.25, 0.3) is 0 Å². The van der Waals surface area contributed by atoms with Gasteiger partial charge in [0, 0.05) is 5.56 Å². The Balaban J connectivity index is 2.45. The maximum Gasteiger partial charge on any atom is 0.190 e. The first-order valence-corrected chi connectivity index (χ1v) is 5.85. The minimum absolute atomic E-state index is 0.0917. The van der Waals surface area contributed by atoms with Gasteiger partial charge in [-0.05, 0) is 6.92 Å². The molecule has 0 fully saturated rings. The molecule has 0 amide bonds. The van der Waals surface area contributed by atoms with Crippen LogP contribution in [0.15, 0.2) is 24.3 Å². The van der Waals surface area contributed by atoms with E-state index in [1.54, 1.807) is 0 Å². The van der Waals surface area contributed by atoms with E-state index in [0.717, 1.165) is 11.1 Å². The molecule has 2 N–H and O–H groups in total. The normalized spacial score (nSPS) is 12.1. The molecule has 1 atom stereocenters. The van der Waals surface area contributed by atoms with Crippen LogP contribution in [0.1, 0.15) is 11.3 Å². The van der Waals surface area contributed by atoms with E-state index in [2.05, 4.69) is 10.3 Å². The van der Waals surface area contributed by atoms with E-state index in [9.17, 15) is 5.11 Å². The second-order valence-corrected chi connectivity index (χ2v) is 4.28. The minimum atomic E-state index is -0.933. The average molecular weight is 258 g/mol. The Morgan fingerprint density at radius 3 is 2.63 bits per heavy atom. The predicted octanol–water partition coefficient (Wildman–Crippen LogP) is 0.478. The molecule has 6 heteroatoms. The zero-order valence-electron chi connectivity index (χ0n) is 10.5. The Labute approximate surface area is 110 Å². The van der Waals surface area contributed by atoms with Crippen LogP contribution < -0.4 is 0 Å². The van der Waals surface area contributed by atoms with Gasteiger partial charge in [-0.2, -0.15) is 5.26 Å². The molecular weight excluding hydrogens is 244 g/mol. The van der Waals surface area contributed by atoms with Gasteiger partial charge in [-0.1, -0.05) is 35.0 Å². The summed E-state index contributed by atoms with van der Waals surface area (Å²) in [7, 11) is 0. The number of aliphatic hydroxyl groups excluding tert-OH is 2. The highest BCUT2D eigenvalue weighted by Crippen LogP contribution is 2.22. The van der Waals surface area contributed by atoms with Gasteiger partial charge in [-0.3, -0.25) is 0 Å². The topological polar surface area (TPSA) is 95.0 Å². The highest BCUT2D eigenvalue weighted by molar-refractivity contribution is 5.65. The van der Waals surface area contributed by atoms with Gasteiger partial charge in [0.1, 0.15) is 11.8 Å². The minimum Gasteiger partial charge on any atom is -0.394 e. The van der Waals surface area contributed by atoms with Crippen LogP contribution in [0, 0.1) is 18.3 Å². The van der Waals surface area contributed by atoms with Crippen LogP contribution in [-0.4, -0.2) is 37.9 Å². The van der Waals surface area contributed by atoms with E-state index in [0.29, 0.717) is 5.69 Å². The molecule has 0 radical (unpaired) electrons. The molecule has 2 rings (SSSR count). The lowest BCUT2D eigenvalue weighted by atomic mass is 10.1. The van der Waals surface area contributed by atoms with Gasteiger partial charge in [0.05, 0.1) is 19.3 Å². The fraction of sp³-hybridized carbons (Fsp3) is 0.308. The van der Waals surface area contributed by atoms with Crippen molar-refractivity contribution in [2.24, 2.45) is 0 Å². The van der Waals surface area contributed by atoms with Gasteiger partial charge in [0.15, 0.2) is 5.69 Å². The molecule has 19 heavy (non-hydrogen) atoms. The summed E-state index contributed by atoms with van der Waals surface area (Å²) in [4.78, 5) is 0. The van der Waals surface area contributed by atoms with Gasteiger partial charge in [-0.25, -0.2) is 4.68 Å². The van der Waals surface area contributed by atoms with Crippen molar-refractivity contribution in [3.63, 3.8) is 0 Å². The summed E-state index contributed by atoms with van der Waals surface area (Å²) >= 11 is 0. The van der Waals surface area contributed by atoms with Gasteiger partial charge < -0.3 is 10.2 Å². The number of hydrogen-bond donors (Lipinski definition) is 2. The van der Waals surface area contributed by atoms with Crippen molar-refractivity contribution in [3.8, 4) is 17.3 Å². The van der Waals surface area contributed by atoms with Crippen LogP contribution >= 0.6 is 0 Å². The van der Waals surface area contributed by atoms with E-state index < -0.39 is 6.10 Å². The van der Waals surface area contributed by atoms with Crippen LogP contribution in [0.3, 0.4) is 0 Å². The smallest absolute Gasteiger partial charge is 0.190 e. The zero-order valence-corrected chi connectivity index (χ0v) is 10.5. The number of nitrogens with zero attached hydrogens (tertiary/aromatic N) is 4. The van der Waals surface area contributed by atoms with Gasteiger partial charge in [-0.15, -0.1) is 5.10 Å². The second kappa shape index (κ2) is 5.61. The van der Waals surface area contributed by atoms with Crippen molar-refractivity contribution in [3.05, 3.63) is 35.5 Å².